The Bertz CT molecular complexity index is 706. The number of rotatable bonds is 1. The van der Waals surface area contributed by atoms with E-state index < -0.39 is 30.1 Å². The highest BCUT2D eigenvalue weighted by Gasteiger charge is 2.63. The molecule has 2 aliphatic rings. The van der Waals surface area contributed by atoms with Gasteiger partial charge >= 0.3 is 0 Å². The van der Waals surface area contributed by atoms with E-state index in [-0.39, 0.29) is 5.82 Å². The maximum atomic E-state index is 10.3. The number of aliphatic hydroxyl groups excluding tert-OH is 3. The molecule has 1 unspecified atom stereocenters. The number of nitrogen functional groups attached to an aromatic ring is 1. The van der Waals surface area contributed by atoms with E-state index in [1.165, 1.54) is 17.2 Å². The summed E-state index contributed by atoms with van der Waals surface area (Å²) in [6.45, 7) is 0. The molecular formula is C12H15N5O4. The predicted molar refractivity (Wildman–Crippen MR) is 69.8 cm³/mol. The van der Waals surface area contributed by atoms with Gasteiger partial charge in [-0.1, -0.05) is 0 Å². The number of aliphatic hydroxyl groups is 3. The molecule has 0 aromatic carbocycles. The molecule has 3 heterocycles. The number of hydrogen-bond donors (Lipinski definition) is 4. The molecule has 1 aliphatic heterocycles. The van der Waals surface area contributed by atoms with Crippen molar-refractivity contribution in [1.82, 2.24) is 19.5 Å². The van der Waals surface area contributed by atoms with Gasteiger partial charge in [0.1, 0.15) is 29.7 Å². The minimum Gasteiger partial charge on any atom is -0.390 e. The van der Waals surface area contributed by atoms with Crippen LogP contribution in [0.1, 0.15) is 19.1 Å². The van der Waals surface area contributed by atoms with Crippen molar-refractivity contribution in [2.45, 2.75) is 43.0 Å². The lowest BCUT2D eigenvalue weighted by atomic mass is 9.73. The van der Waals surface area contributed by atoms with Crippen LogP contribution in [-0.2, 0) is 4.74 Å². The first kappa shape index (κ1) is 12.9. The molecule has 21 heavy (non-hydrogen) atoms. The Morgan fingerprint density at radius 2 is 2.10 bits per heavy atom. The van der Waals surface area contributed by atoms with Gasteiger partial charge in [0.05, 0.1) is 12.4 Å². The minimum atomic E-state index is -1.19. The Kier molecular flexibility index (Phi) is 2.52. The van der Waals surface area contributed by atoms with Crippen LogP contribution in [0.25, 0.3) is 11.2 Å². The quantitative estimate of drug-likeness (QED) is 0.501. The van der Waals surface area contributed by atoms with E-state index in [1.54, 1.807) is 0 Å². The van der Waals surface area contributed by atoms with E-state index in [1.807, 2.05) is 0 Å². The lowest BCUT2D eigenvalue weighted by Gasteiger charge is -2.44. The van der Waals surface area contributed by atoms with Crippen LogP contribution in [0.5, 0.6) is 0 Å². The fraction of sp³-hybridized carbons (Fsp3) is 0.583. The van der Waals surface area contributed by atoms with Crippen LogP contribution in [0.3, 0.4) is 0 Å². The molecule has 1 saturated carbocycles. The maximum Gasteiger partial charge on any atom is 0.167 e. The summed E-state index contributed by atoms with van der Waals surface area (Å²) in [4.78, 5) is 12.0. The zero-order valence-corrected chi connectivity index (χ0v) is 11.0. The molecule has 9 heteroatoms. The second kappa shape index (κ2) is 4.10. The zero-order valence-electron chi connectivity index (χ0n) is 11.0. The molecular weight excluding hydrogens is 278 g/mol. The topological polar surface area (TPSA) is 140 Å². The van der Waals surface area contributed by atoms with Gasteiger partial charge in [-0.3, -0.25) is 4.57 Å². The Hall–Kier alpha value is -1.81. The lowest BCUT2D eigenvalue weighted by molar-refractivity contribution is -0.213. The van der Waals surface area contributed by atoms with Gasteiger partial charge in [-0.05, 0) is 12.8 Å². The van der Waals surface area contributed by atoms with E-state index in [0.717, 1.165) is 0 Å². The van der Waals surface area contributed by atoms with E-state index in [9.17, 15) is 15.3 Å². The number of imidazole rings is 1. The third-order valence-corrected chi connectivity index (χ3v) is 4.49. The maximum absolute atomic E-state index is 10.3. The molecule has 5 N–H and O–H groups in total. The third-order valence-electron chi connectivity index (χ3n) is 4.49. The first-order valence-electron chi connectivity index (χ1n) is 6.69. The van der Waals surface area contributed by atoms with Crippen molar-refractivity contribution in [3.05, 3.63) is 12.7 Å². The van der Waals surface area contributed by atoms with Gasteiger partial charge in [0.25, 0.3) is 0 Å². The Balaban J connectivity index is 1.78. The van der Waals surface area contributed by atoms with Crippen LogP contribution in [0.2, 0.25) is 0 Å². The van der Waals surface area contributed by atoms with Crippen LogP contribution in [0, 0.1) is 0 Å². The summed E-state index contributed by atoms with van der Waals surface area (Å²) in [5.41, 5.74) is 5.42. The molecule has 1 saturated heterocycles. The van der Waals surface area contributed by atoms with Crippen LogP contribution in [0.4, 0.5) is 5.82 Å². The summed E-state index contributed by atoms with van der Waals surface area (Å²) in [6, 6.07) is 0. The van der Waals surface area contributed by atoms with Crippen LogP contribution in [-0.4, -0.2) is 58.8 Å². The smallest absolute Gasteiger partial charge is 0.167 e. The first-order chi connectivity index (χ1) is 10.0. The molecule has 0 bridgehead atoms. The molecule has 112 valence electrons. The number of hydrogen-bond acceptors (Lipinski definition) is 8. The van der Waals surface area contributed by atoms with Crippen LogP contribution >= 0.6 is 0 Å². The number of aromatic nitrogens is 4. The molecule has 1 aliphatic carbocycles. The predicted octanol–water partition coefficient (Wildman–Crippen LogP) is -1.45. The average Bonchev–Trinajstić information content (AvgIpc) is 3.01. The van der Waals surface area contributed by atoms with E-state index in [2.05, 4.69) is 15.0 Å². The summed E-state index contributed by atoms with van der Waals surface area (Å²) < 4.78 is 7.29. The Morgan fingerprint density at radius 3 is 2.71 bits per heavy atom. The van der Waals surface area contributed by atoms with Crippen LogP contribution in [0.15, 0.2) is 12.7 Å². The van der Waals surface area contributed by atoms with Gasteiger partial charge in [0, 0.05) is 0 Å². The fourth-order valence-electron chi connectivity index (χ4n) is 3.13. The van der Waals surface area contributed by atoms with Crippen molar-refractivity contribution in [3.8, 4) is 0 Å². The summed E-state index contributed by atoms with van der Waals surface area (Å²) in [6.07, 6.45) is -0.266. The number of anilines is 1. The Labute approximate surface area is 119 Å². The Morgan fingerprint density at radius 1 is 1.29 bits per heavy atom. The third kappa shape index (κ3) is 1.51. The monoisotopic (exact) mass is 293 g/mol. The zero-order chi connectivity index (χ0) is 14.8. The van der Waals surface area contributed by atoms with Crippen molar-refractivity contribution in [2.24, 2.45) is 0 Å². The van der Waals surface area contributed by atoms with Crippen molar-refractivity contribution in [1.29, 1.82) is 0 Å². The van der Waals surface area contributed by atoms with Gasteiger partial charge in [-0.25, -0.2) is 15.0 Å². The van der Waals surface area contributed by atoms with Crippen molar-refractivity contribution in [2.75, 3.05) is 5.73 Å². The summed E-state index contributed by atoms with van der Waals surface area (Å²) in [7, 11) is 0. The normalized spacial score (nSPS) is 39.0. The average molecular weight is 293 g/mol. The molecule has 0 radical (unpaired) electrons. The van der Waals surface area contributed by atoms with E-state index >= 15 is 0 Å². The van der Waals surface area contributed by atoms with Crippen LogP contribution < -0.4 is 5.73 Å². The highest BCUT2D eigenvalue weighted by molar-refractivity contribution is 5.81. The van der Waals surface area contributed by atoms with Gasteiger partial charge in [-0.15, -0.1) is 0 Å². The number of nitrogens with two attached hydrogens (primary N) is 1. The number of ether oxygens (including phenoxy) is 1. The lowest BCUT2D eigenvalue weighted by Crippen LogP contribution is -2.59. The molecule has 5 atom stereocenters. The second-order valence-corrected chi connectivity index (χ2v) is 5.54. The highest BCUT2D eigenvalue weighted by Crippen LogP contribution is 2.49. The van der Waals surface area contributed by atoms with Gasteiger partial charge in [-0.2, -0.15) is 0 Å². The molecule has 2 fully saturated rings. The molecule has 9 nitrogen and oxygen atoms in total. The molecule has 1 spiro atoms. The van der Waals surface area contributed by atoms with Crippen molar-refractivity contribution in [3.63, 3.8) is 0 Å². The minimum absolute atomic E-state index is 0.227. The molecule has 2 aromatic rings. The first-order valence-corrected chi connectivity index (χ1v) is 6.69. The largest absolute Gasteiger partial charge is 0.390 e. The standard InChI is InChI=1S/C12H15N5O4/c13-9-6-10(15-3-14-9)17(4-16-6)11-7(19)8(20)12(21-11)2-1-5(12)18/h3-5,7-8,11,18-20H,1-2H2,(H2,13,14,15)/t5-,7+,8?,11-,12-/m1/s1. The van der Waals surface area contributed by atoms with Crippen molar-refractivity contribution >= 4 is 17.0 Å². The van der Waals surface area contributed by atoms with Crippen molar-refractivity contribution < 1.29 is 20.1 Å². The number of fused-ring (bicyclic) bond motifs is 1. The molecule has 4 rings (SSSR count). The van der Waals surface area contributed by atoms with E-state index in [0.29, 0.717) is 24.0 Å². The summed E-state index contributed by atoms with van der Waals surface area (Å²) >= 11 is 0. The molecule has 0 amide bonds. The summed E-state index contributed by atoms with van der Waals surface area (Å²) in [5, 5.41) is 30.4. The summed E-state index contributed by atoms with van der Waals surface area (Å²) in [5.74, 6) is 0.227. The van der Waals surface area contributed by atoms with Gasteiger partial charge in [0.15, 0.2) is 17.7 Å². The number of nitrogens with zero attached hydrogens (tertiary/aromatic N) is 4. The van der Waals surface area contributed by atoms with Gasteiger partial charge < -0.3 is 25.8 Å². The molecule has 2 aromatic heterocycles. The highest BCUT2D eigenvalue weighted by atomic mass is 16.6. The van der Waals surface area contributed by atoms with Gasteiger partial charge in [0.2, 0.25) is 0 Å². The van der Waals surface area contributed by atoms with E-state index in [4.69, 9.17) is 10.5 Å². The SMILES string of the molecule is Nc1ncnc2c1ncn2[C@@H]1O[C@@]2(CC[C@H]2O)C(O)[C@@H]1O. The fourth-order valence-corrected chi connectivity index (χ4v) is 3.13. The second-order valence-electron chi connectivity index (χ2n) is 5.54.